The molecule has 0 heterocycles. The van der Waals surface area contributed by atoms with Crippen LogP contribution in [0, 0.1) is 17.1 Å². The first-order valence-corrected chi connectivity index (χ1v) is 6.30. The van der Waals surface area contributed by atoms with Crippen molar-refractivity contribution in [1.29, 1.82) is 5.26 Å². The topological polar surface area (TPSA) is 73.1 Å². The van der Waals surface area contributed by atoms with E-state index in [1.165, 1.54) is 12.1 Å². The molecule has 0 saturated heterocycles. The number of nitrogens with one attached hydrogen (secondary N) is 1. The molecule has 2 aromatic carbocycles. The van der Waals surface area contributed by atoms with Crippen LogP contribution in [0.2, 0.25) is 0 Å². The highest BCUT2D eigenvalue weighted by Gasteiger charge is 2.10. The summed E-state index contributed by atoms with van der Waals surface area (Å²) in [5, 5.41) is 20.6. The van der Waals surface area contributed by atoms with Crippen LogP contribution in [-0.4, -0.2) is 11.1 Å². The van der Waals surface area contributed by atoms with Gasteiger partial charge in [0.05, 0.1) is 22.5 Å². The number of nitriles is 1. The van der Waals surface area contributed by atoms with Crippen molar-refractivity contribution in [2.24, 2.45) is 0 Å². The van der Waals surface area contributed by atoms with Crippen molar-refractivity contribution in [2.75, 3.05) is 5.32 Å². The average Bonchev–Trinajstić information content (AvgIpc) is 2.42. The summed E-state index contributed by atoms with van der Waals surface area (Å²) in [4.78, 5) is 10.7. The van der Waals surface area contributed by atoms with Crippen LogP contribution in [-0.2, 0) is 0 Å². The maximum atomic E-state index is 13.8. The van der Waals surface area contributed by atoms with E-state index < -0.39 is 11.8 Å². The number of halogens is 2. The van der Waals surface area contributed by atoms with Crippen molar-refractivity contribution < 1.29 is 14.3 Å². The van der Waals surface area contributed by atoms with E-state index in [1.807, 2.05) is 6.07 Å². The summed E-state index contributed by atoms with van der Waals surface area (Å²) >= 11 is 3.24. The van der Waals surface area contributed by atoms with Gasteiger partial charge in [-0.25, -0.2) is 9.18 Å². The summed E-state index contributed by atoms with van der Waals surface area (Å²) in [7, 11) is 0. The summed E-state index contributed by atoms with van der Waals surface area (Å²) in [6, 6.07) is 10.5. The molecule has 4 nitrogen and oxygen atoms in total. The summed E-state index contributed by atoms with van der Waals surface area (Å²) in [6.45, 7) is 0. The number of hydrogen-bond donors (Lipinski definition) is 2. The normalized spacial score (nSPS) is 9.85. The third-order valence-corrected chi connectivity index (χ3v) is 3.08. The molecule has 0 saturated carbocycles. The Bertz CT molecular complexity index is 726. The molecule has 2 rings (SSSR count). The first-order chi connectivity index (χ1) is 9.51. The minimum atomic E-state index is -1.20. The van der Waals surface area contributed by atoms with Gasteiger partial charge in [0, 0.05) is 4.47 Å². The smallest absolute Gasteiger partial charge is 0.335 e. The lowest BCUT2D eigenvalue weighted by Gasteiger charge is -2.10. The molecule has 2 N–H and O–H groups in total. The second-order valence-electron chi connectivity index (χ2n) is 3.93. The Balaban J connectivity index is 2.36. The number of anilines is 2. The maximum absolute atomic E-state index is 13.8. The Morgan fingerprint density at radius 2 is 1.95 bits per heavy atom. The monoisotopic (exact) mass is 334 g/mol. The van der Waals surface area contributed by atoms with Gasteiger partial charge in [-0.3, -0.25) is 0 Å². The Morgan fingerprint density at radius 3 is 2.55 bits per heavy atom. The van der Waals surface area contributed by atoms with Gasteiger partial charge >= 0.3 is 5.97 Å². The van der Waals surface area contributed by atoms with E-state index in [-0.39, 0.29) is 11.3 Å². The largest absolute Gasteiger partial charge is 0.478 e. The highest BCUT2D eigenvalue weighted by Crippen LogP contribution is 2.26. The van der Waals surface area contributed by atoms with Gasteiger partial charge in [-0.1, -0.05) is 15.9 Å². The number of benzene rings is 2. The van der Waals surface area contributed by atoms with Crippen LogP contribution in [0.3, 0.4) is 0 Å². The molecule has 0 spiro atoms. The zero-order valence-electron chi connectivity index (χ0n) is 10.0. The van der Waals surface area contributed by atoms with Crippen LogP contribution in [0.25, 0.3) is 0 Å². The van der Waals surface area contributed by atoms with E-state index in [9.17, 15) is 9.18 Å². The molecule has 2 aromatic rings. The van der Waals surface area contributed by atoms with E-state index in [0.29, 0.717) is 11.3 Å². The summed E-state index contributed by atoms with van der Waals surface area (Å²) < 4.78 is 14.5. The number of hydrogen-bond acceptors (Lipinski definition) is 3. The molecule has 0 amide bonds. The Morgan fingerprint density at radius 1 is 1.25 bits per heavy atom. The van der Waals surface area contributed by atoms with Crippen molar-refractivity contribution in [3.8, 4) is 6.07 Å². The molecule has 20 heavy (non-hydrogen) atoms. The SMILES string of the molecule is N#Cc1cc(Br)ccc1Nc1ccc(C(=O)O)cc1F. The average molecular weight is 335 g/mol. The molecule has 0 aliphatic carbocycles. The predicted octanol–water partition coefficient (Wildman–Crippen LogP) is 3.90. The van der Waals surface area contributed by atoms with Crippen LogP contribution in [0.5, 0.6) is 0 Å². The van der Waals surface area contributed by atoms with Crippen molar-refractivity contribution in [3.05, 3.63) is 57.8 Å². The predicted molar refractivity (Wildman–Crippen MR) is 75.5 cm³/mol. The van der Waals surface area contributed by atoms with Crippen molar-refractivity contribution in [3.63, 3.8) is 0 Å². The molecule has 0 bridgehead atoms. The minimum absolute atomic E-state index is 0.105. The standard InChI is InChI=1S/C14H8BrFN2O2/c15-10-2-4-12(9(5-10)7-17)18-13-3-1-8(14(19)20)6-11(13)16/h1-6,18H,(H,19,20). The van der Waals surface area contributed by atoms with Crippen molar-refractivity contribution in [1.82, 2.24) is 0 Å². The highest BCUT2D eigenvalue weighted by molar-refractivity contribution is 9.10. The maximum Gasteiger partial charge on any atom is 0.335 e. The first kappa shape index (κ1) is 14.0. The van der Waals surface area contributed by atoms with Crippen LogP contribution >= 0.6 is 15.9 Å². The lowest BCUT2D eigenvalue weighted by atomic mass is 10.1. The third kappa shape index (κ3) is 2.95. The molecular formula is C14H8BrFN2O2. The van der Waals surface area contributed by atoms with Gasteiger partial charge in [-0.05, 0) is 36.4 Å². The van der Waals surface area contributed by atoms with Gasteiger partial charge in [-0.2, -0.15) is 5.26 Å². The number of carboxylic acid groups (broad SMARTS) is 1. The van der Waals surface area contributed by atoms with E-state index in [4.69, 9.17) is 10.4 Å². The second-order valence-corrected chi connectivity index (χ2v) is 4.84. The quantitative estimate of drug-likeness (QED) is 0.892. The zero-order valence-corrected chi connectivity index (χ0v) is 11.6. The second kappa shape index (κ2) is 5.72. The zero-order chi connectivity index (χ0) is 14.7. The van der Waals surface area contributed by atoms with E-state index in [1.54, 1.807) is 18.2 Å². The molecule has 0 fully saturated rings. The van der Waals surface area contributed by atoms with Crippen molar-refractivity contribution >= 4 is 33.3 Å². The first-order valence-electron chi connectivity index (χ1n) is 5.51. The summed E-state index contributed by atoms with van der Waals surface area (Å²) in [5.74, 6) is -1.89. The molecule has 0 atom stereocenters. The number of nitrogens with zero attached hydrogens (tertiary/aromatic N) is 1. The Hall–Kier alpha value is -2.39. The molecule has 0 aromatic heterocycles. The fraction of sp³-hybridized carbons (Fsp3) is 0. The fourth-order valence-electron chi connectivity index (χ4n) is 1.61. The van der Waals surface area contributed by atoms with E-state index in [2.05, 4.69) is 21.2 Å². The fourth-order valence-corrected chi connectivity index (χ4v) is 1.97. The third-order valence-electron chi connectivity index (χ3n) is 2.59. The molecule has 6 heteroatoms. The number of rotatable bonds is 3. The van der Waals surface area contributed by atoms with Gasteiger partial charge in [0.25, 0.3) is 0 Å². The van der Waals surface area contributed by atoms with Crippen LogP contribution in [0.4, 0.5) is 15.8 Å². The van der Waals surface area contributed by atoms with E-state index in [0.717, 1.165) is 10.5 Å². The number of carbonyl (C=O) groups is 1. The minimum Gasteiger partial charge on any atom is -0.478 e. The van der Waals surface area contributed by atoms with Gasteiger partial charge < -0.3 is 10.4 Å². The number of carboxylic acids is 1. The van der Waals surface area contributed by atoms with Crippen LogP contribution in [0.1, 0.15) is 15.9 Å². The molecule has 0 aliphatic rings. The van der Waals surface area contributed by atoms with Gasteiger partial charge in [-0.15, -0.1) is 0 Å². The molecular weight excluding hydrogens is 327 g/mol. The summed E-state index contributed by atoms with van der Waals surface area (Å²) in [5.41, 5.74) is 0.761. The van der Waals surface area contributed by atoms with Crippen LogP contribution < -0.4 is 5.32 Å². The van der Waals surface area contributed by atoms with Crippen LogP contribution in [0.15, 0.2) is 40.9 Å². The van der Waals surface area contributed by atoms with Gasteiger partial charge in [0.2, 0.25) is 0 Å². The summed E-state index contributed by atoms with van der Waals surface area (Å²) in [6.07, 6.45) is 0. The highest BCUT2D eigenvalue weighted by atomic mass is 79.9. The lowest BCUT2D eigenvalue weighted by Crippen LogP contribution is -2.00. The van der Waals surface area contributed by atoms with Gasteiger partial charge in [0.1, 0.15) is 11.9 Å². The Kier molecular flexibility index (Phi) is 4.01. The molecule has 0 aliphatic heterocycles. The molecule has 100 valence electrons. The van der Waals surface area contributed by atoms with E-state index >= 15 is 0 Å². The number of aromatic carboxylic acids is 1. The molecule has 0 unspecified atom stereocenters. The van der Waals surface area contributed by atoms with Crippen molar-refractivity contribution in [2.45, 2.75) is 0 Å². The molecule has 0 radical (unpaired) electrons. The van der Waals surface area contributed by atoms with Gasteiger partial charge in [0.15, 0.2) is 0 Å². The lowest BCUT2D eigenvalue weighted by molar-refractivity contribution is 0.0696. The Labute approximate surface area is 122 Å².